The number of rotatable bonds is 3. The molecule has 3 nitrogen and oxygen atoms in total. The lowest BCUT2D eigenvalue weighted by Gasteiger charge is -2.23. The molecule has 0 amide bonds. The molecule has 1 saturated heterocycles. The third kappa shape index (κ3) is 4.07. The Labute approximate surface area is 81.1 Å². The number of nitrogens with zero attached hydrogens (tertiary/aromatic N) is 1. The fraction of sp³-hybridized carbons (Fsp3) is 1.00. The first kappa shape index (κ1) is 11.0. The van der Waals surface area contributed by atoms with Crippen molar-refractivity contribution in [3.8, 4) is 0 Å². The van der Waals surface area contributed by atoms with Gasteiger partial charge in [-0.2, -0.15) is 0 Å². The number of aliphatic hydroxyl groups excluding tert-OH is 1. The van der Waals surface area contributed by atoms with Gasteiger partial charge in [-0.25, -0.2) is 0 Å². The van der Waals surface area contributed by atoms with E-state index in [1.54, 1.807) is 0 Å². The molecule has 13 heavy (non-hydrogen) atoms. The molecule has 2 N–H and O–H groups in total. The molecule has 1 aliphatic rings. The smallest absolute Gasteiger partial charge is 0.0695 e. The van der Waals surface area contributed by atoms with Crippen molar-refractivity contribution in [1.82, 2.24) is 10.2 Å². The van der Waals surface area contributed by atoms with Crippen molar-refractivity contribution < 1.29 is 5.11 Å². The van der Waals surface area contributed by atoms with E-state index in [4.69, 9.17) is 0 Å². The summed E-state index contributed by atoms with van der Waals surface area (Å²) >= 11 is 0. The summed E-state index contributed by atoms with van der Waals surface area (Å²) in [5.74, 6) is 0.498. The Morgan fingerprint density at radius 1 is 1.38 bits per heavy atom. The van der Waals surface area contributed by atoms with Crippen LogP contribution < -0.4 is 5.32 Å². The van der Waals surface area contributed by atoms with Gasteiger partial charge in [-0.3, -0.25) is 0 Å². The number of likely N-dealkylation sites (N-methyl/N-ethyl adjacent to an activating group) is 1. The highest BCUT2D eigenvalue weighted by Gasteiger charge is 2.20. The minimum atomic E-state index is -0.144. The summed E-state index contributed by atoms with van der Waals surface area (Å²) in [6.45, 7) is 2.98. The maximum absolute atomic E-state index is 9.90. The molecule has 0 spiro atoms. The molecule has 1 heterocycles. The zero-order valence-electron chi connectivity index (χ0n) is 8.79. The van der Waals surface area contributed by atoms with Crippen LogP contribution in [0.3, 0.4) is 0 Å². The maximum Gasteiger partial charge on any atom is 0.0695 e. The van der Waals surface area contributed by atoms with Crippen molar-refractivity contribution in [3.63, 3.8) is 0 Å². The standard InChI is InChI=1S/C10H22N2O/c1-12(2)8-10(13)9-4-3-6-11-7-5-9/h9-11,13H,3-8H2,1-2H3. The van der Waals surface area contributed by atoms with Crippen LogP contribution in [0, 0.1) is 5.92 Å². The van der Waals surface area contributed by atoms with Crippen molar-refractivity contribution >= 4 is 0 Å². The van der Waals surface area contributed by atoms with Crippen LogP contribution in [0.2, 0.25) is 0 Å². The molecule has 2 unspecified atom stereocenters. The average Bonchev–Trinajstić information content (AvgIpc) is 2.29. The normalized spacial score (nSPS) is 27.2. The molecule has 0 bridgehead atoms. The van der Waals surface area contributed by atoms with Crippen molar-refractivity contribution in [3.05, 3.63) is 0 Å². The fourth-order valence-corrected chi connectivity index (χ4v) is 1.95. The first-order valence-electron chi connectivity index (χ1n) is 5.23. The first-order chi connectivity index (χ1) is 6.20. The van der Waals surface area contributed by atoms with Gasteiger partial charge in [-0.1, -0.05) is 0 Å². The van der Waals surface area contributed by atoms with E-state index in [0.717, 1.165) is 26.1 Å². The number of hydrogen-bond acceptors (Lipinski definition) is 3. The molecule has 0 aromatic rings. The average molecular weight is 186 g/mol. The summed E-state index contributed by atoms with van der Waals surface area (Å²) in [7, 11) is 4.02. The molecular formula is C10H22N2O. The second-order valence-corrected chi connectivity index (χ2v) is 4.27. The lowest BCUT2D eigenvalue weighted by atomic mass is 9.94. The van der Waals surface area contributed by atoms with E-state index < -0.39 is 0 Å². The van der Waals surface area contributed by atoms with Gasteiger partial charge in [-0.15, -0.1) is 0 Å². The molecule has 3 heteroatoms. The molecular weight excluding hydrogens is 164 g/mol. The summed E-state index contributed by atoms with van der Waals surface area (Å²) in [5.41, 5.74) is 0. The van der Waals surface area contributed by atoms with Gasteiger partial charge in [0.15, 0.2) is 0 Å². The highest BCUT2D eigenvalue weighted by Crippen LogP contribution is 2.17. The number of hydrogen-bond donors (Lipinski definition) is 2. The maximum atomic E-state index is 9.90. The lowest BCUT2D eigenvalue weighted by Crippen LogP contribution is -2.32. The predicted molar refractivity (Wildman–Crippen MR) is 54.8 cm³/mol. The molecule has 1 rings (SSSR count). The highest BCUT2D eigenvalue weighted by molar-refractivity contribution is 4.74. The second-order valence-electron chi connectivity index (χ2n) is 4.27. The van der Waals surface area contributed by atoms with Gasteiger partial charge >= 0.3 is 0 Å². The third-order valence-electron chi connectivity index (χ3n) is 2.72. The quantitative estimate of drug-likeness (QED) is 0.665. The summed E-state index contributed by atoms with van der Waals surface area (Å²) in [4.78, 5) is 2.06. The molecule has 0 aromatic heterocycles. The molecule has 2 atom stereocenters. The van der Waals surface area contributed by atoms with Crippen molar-refractivity contribution in [2.24, 2.45) is 5.92 Å². The van der Waals surface area contributed by atoms with E-state index in [2.05, 4.69) is 10.2 Å². The van der Waals surface area contributed by atoms with Gasteiger partial charge in [0.1, 0.15) is 0 Å². The fourth-order valence-electron chi connectivity index (χ4n) is 1.95. The molecule has 1 fully saturated rings. The molecule has 0 saturated carbocycles. The van der Waals surface area contributed by atoms with Crippen molar-refractivity contribution in [1.29, 1.82) is 0 Å². The van der Waals surface area contributed by atoms with E-state index in [9.17, 15) is 5.11 Å². The van der Waals surface area contributed by atoms with Crippen LogP contribution in [0.5, 0.6) is 0 Å². The Bertz CT molecular complexity index is 131. The Morgan fingerprint density at radius 2 is 2.15 bits per heavy atom. The zero-order chi connectivity index (χ0) is 9.68. The molecule has 78 valence electrons. The number of aliphatic hydroxyl groups is 1. The van der Waals surface area contributed by atoms with E-state index in [-0.39, 0.29) is 6.10 Å². The van der Waals surface area contributed by atoms with E-state index in [1.165, 1.54) is 12.8 Å². The SMILES string of the molecule is CN(C)CC(O)C1CCCNCC1. The van der Waals surface area contributed by atoms with Crippen LogP contribution in [0.4, 0.5) is 0 Å². The highest BCUT2D eigenvalue weighted by atomic mass is 16.3. The summed E-state index contributed by atoms with van der Waals surface area (Å²) in [6, 6.07) is 0. The summed E-state index contributed by atoms with van der Waals surface area (Å²) < 4.78 is 0. The van der Waals surface area contributed by atoms with Gasteiger partial charge in [0.25, 0.3) is 0 Å². The van der Waals surface area contributed by atoms with Crippen LogP contribution in [0.1, 0.15) is 19.3 Å². The van der Waals surface area contributed by atoms with Gasteiger partial charge < -0.3 is 15.3 Å². The van der Waals surface area contributed by atoms with Gasteiger partial charge in [-0.05, 0) is 52.4 Å². The molecule has 0 aromatic carbocycles. The van der Waals surface area contributed by atoms with Gasteiger partial charge in [0.2, 0.25) is 0 Å². The minimum absolute atomic E-state index is 0.144. The zero-order valence-corrected chi connectivity index (χ0v) is 8.79. The van der Waals surface area contributed by atoms with Crippen LogP contribution >= 0.6 is 0 Å². The van der Waals surface area contributed by atoms with Crippen LogP contribution in [-0.2, 0) is 0 Å². The van der Waals surface area contributed by atoms with Gasteiger partial charge in [0, 0.05) is 6.54 Å². The summed E-state index contributed by atoms with van der Waals surface area (Å²) in [6.07, 6.45) is 3.35. The van der Waals surface area contributed by atoms with E-state index in [0.29, 0.717) is 5.92 Å². The largest absolute Gasteiger partial charge is 0.392 e. The molecule has 1 aliphatic heterocycles. The Balaban J connectivity index is 2.30. The topological polar surface area (TPSA) is 35.5 Å². The molecule has 0 aliphatic carbocycles. The van der Waals surface area contributed by atoms with Gasteiger partial charge in [0.05, 0.1) is 6.10 Å². The Hall–Kier alpha value is -0.120. The van der Waals surface area contributed by atoms with E-state index in [1.807, 2.05) is 14.1 Å². The third-order valence-corrected chi connectivity index (χ3v) is 2.72. The van der Waals surface area contributed by atoms with E-state index >= 15 is 0 Å². The van der Waals surface area contributed by atoms with Crippen LogP contribution in [-0.4, -0.2) is 49.8 Å². The van der Waals surface area contributed by atoms with Crippen molar-refractivity contribution in [2.45, 2.75) is 25.4 Å². The van der Waals surface area contributed by atoms with Crippen LogP contribution in [0.25, 0.3) is 0 Å². The minimum Gasteiger partial charge on any atom is -0.392 e. The monoisotopic (exact) mass is 186 g/mol. The first-order valence-corrected chi connectivity index (χ1v) is 5.23. The Morgan fingerprint density at radius 3 is 2.85 bits per heavy atom. The lowest BCUT2D eigenvalue weighted by molar-refractivity contribution is 0.0737. The predicted octanol–water partition coefficient (Wildman–Crippen LogP) is 0.299. The van der Waals surface area contributed by atoms with Crippen molar-refractivity contribution in [2.75, 3.05) is 33.7 Å². The number of nitrogens with one attached hydrogen (secondary N) is 1. The van der Waals surface area contributed by atoms with Crippen LogP contribution in [0.15, 0.2) is 0 Å². The molecule has 0 radical (unpaired) electrons. The Kier molecular flexibility index (Phi) is 4.70. The summed E-state index contributed by atoms with van der Waals surface area (Å²) in [5, 5.41) is 13.3. The second kappa shape index (κ2) is 5.58.